The van der Waals surface area contributed by atoms with E-state index in [0.717, 1.165) is 34.7 Å². The molecule has 0 aliphatic rings. The minimum atomic E-state index is -0.487. The lowest BCUT2D eigenvalue weighted by Gasteiger charge is -2.12. The molecule has 1 unspecified atom stereocenters. The molecule has 0 spiro atoms. The lowest BCUT2D eigenvalue weighted by molar-refractivity contribution is 0.171. The van der Waals surface area contributed by atoms with Crippen LogP contribution in [0.4, 0.5) is 5.82 Å². The maximum Gasteiger partial charge on any atom is 0.155 e. The Morgan fingerprint density at radius 2 is 2.00 bits per heavy atom. The van der Waals surface area contributed by atoms with Gasteiger partial charge in [-0.15, -0.1) is 0 Å². The normalized spacial score (nSPS) is 12.5. The molecule has 120 valence electrons. The lowest BCUT2D eigenvalue weighted by atomic mass is 10.1. The third-order valence-corrected chi connectivity index (χ3v) is 3.89. The van der Waals surface area contributed by atoms with Crippen molar-refractivity contribution in [2.45, 2.75) is 32.9 Å². The first kappa shape index (κ1) is 15.4. The molecule has 0 aliphatic heterocycles. The van der Waals surface area contributed by atoms with Gasteiger partial charge < -0.3 is 10.4 Å². The molecule has 3 rings (SSSR count). The van der Waals surface area contributed by atoms with E-state index in [0.29, 0.717) is 13.0 Å². The van der Waals surface area contributed by atoms with Crippen molar-refractivity contribution in [3.63, 3.8) is 0 Å². The van der Waals surface area contributed by atoms with Gasteiger partial charge in [-0.25, -0.2) is 9.97 Å². The monoisotopic (exact) mass is 311 g/mol. The van der Waals surface area contributed by atoms with E-state index in [9.17, 15) is 5.11 Å². The third-order valence-electron chi connectivity index (χ3n) is 3.89. The van der Waals surface area contributed by atoms with Gasteiger partial charge in [0.15, 0.2) is 5.82 Å². The van der Waals surface area contributed by atoms with Crippen LogP contribution in [-0.4, -0.2) is 31.4 Å². The second-order valence-corrected chi connectivity index (χ2v) is 5.46. The van der Waals surface area contributed by atoms with Crippen molar-refractivity contribution < 1.29 is 5.11 Å². The molecule has 0 bridgehead atoms. The number of aryl methyl sites for hydroxylation is 2. The molecule has 6 nitrogen and oxygen atoms in total. The predicted molar refractivity (Wildman–Crippen MR) is 90.2 cm³/mol. The Hall–Kier alpha value is -2.47. The summed E-state index contributed by atoms with van der Waals surface area (Å²) in [6.45, 7) is 5.38. The summed E-state index contributed by atoms with van der Waals surface area (Å²) in [6.07, 6.45) is 1.67. The zero-order valence-corrected chi connectivity index (χ0v) is 13.4. The van der Waals surface area contributed by atoms with Crippen molar-refractivity contribution in [2.75, 3.05) is 11.9 Å². The number of fused-ring (bicyclic) bond motifs is 1. The quantitative estimate of drug-likeness (QED) is 0.732. The molecule has 3 aromatic rings. The Kier molecular flexibility index (Phi) is 4.52. The molecule has 0 radical (unpaired) electrons. The van der Waals surface area contributed by atoms with Crippen LogP contribution in [0.15, 0.2) is 36.7 Å². The van der Waals surface area contributed by atoms with E-state index >= 15 is 0 Å². The van der Waals surface area contributed by atoms with Crippen LogP contribution in [0, 0.1) is 6.92 Å². The van der Waals surface area contributed by atoms with E-state index in [2.05, 4.69) is 20.4 Å². The van der Waals surface area contributed by atoms with Gasteiger partial charge in [0.2, 0.25) is 0 Å². The number of anilines is 1. The summed E-state index contributed by atoms with van der Waals surface area (Å²) in [5.74, 6) is 0.762. The van der Waals surface area contributed by atoms with Crippen molar-refractivity contribution in [2.24, 2.45) is 0 Å². The van der Waals surface area contributed by atoms with Crippen LogP contribution < -0.4 is 5.32 Å². The van der Waals surface area contributed by atoms with E-state index in [-0.39, 0.29) is 0 Å². The number of hydrogen-bond acceptors (Lipinski definition) is 5. The van der Waals surface area contributed by atoms with Gasteiger partial charge in [-0.2, -0.15) is 5.10 Å². The molecule has 0 saturated heterocycles. The summed E-state index contributed by atoms with van der Waals surface area (Å²) in [4.78, 5) is 8.65. The Morgan fingerprint density at radius 1 is 1.22 bits per heavy atom. The third kappa shape index (κ3) is 3.17. The number of aromatic nitrogens is 4. The summed E-state index contributed by atoms with van der Waals surface area (Å²) >= 11 is 0. The fourth-order valence-corrected chi connectivity index (χ4v) is 2.69. The molecule has 2 heterocycles. The molecule has 23 heavy (non-hydrogen) atoms. The summed E-state index contributed by atoms with van der Waals surface area (Å²) in [5, 5.41) is 18.0. The molecular weight excluding hydrogens is 290 g/mol. The van der Waals surface area contributed by atoms with Crippen molar-refractivity contribution in [1.29, 1.82) is 0 Å². The van der Waals surface area contributed by atoms with Crippen LogP contribution in [-0.2, 0) is 6.54 Å². The zero-order valence-electron chi connectivity index (χ0n) is 13.4. The molecule has 2 aromatic heterocycles. The Morgan fingerprint density at radius 3 is 2.74 bits per heavy atom. The van der Waals surface area contributed by atoms with Gasteiger partial charge in [0.1, 0.15) is 17.4 Å². The zero-order chi connectivity index (χ0) is 16.2. The number of aliphatic hydroxyl groups excluding tert-OH is 1. The van der Waals surface area contributed by atoms with E-state index in [1.807, 2.05) is 48.9 Å². The fraction of sp³-hybridized carbons (Fsp3) is 0.353. The van der Waals surface area contributed by atoms with Gasteiger partial charge in [-0.1, -0.05) is 30.3 Å². The molecule has 6 heteroatoms. The first-order valence-electron chi connectivity index (χ1n) is 7.85. The molecule has 1 aromatic carbocycles. The van der Waals surface area contributed by atoms with Crippen LogP contribution in [0.25, 0.3) is 11.0 Å². The first-order chi connectivity index (χ1) is 11.2. The number of aliphatic hydroxyl groups is 1. The molecule has 1 atom stereocenters. The average Bonchev–Trinajstić information content (AvgIpc) is 2.93. The summed E-state index contributed by atoms with van der Waals surface area (Å²) in [5.41, 5.74) is 3.61. The van der Waals surface area contributed by atoms with Gasteiger partial charge in [0, 0.05) is 13.1 Å². The highest BCUT2D eigenvalue weighted by molar-refractivity contribution is 5.87. The van der Waals surface area contributed by atoms with E-state index in [1.54, 1.807) is 6.33 Å². The van der Waals surface area contributed by atoms with E-state index in [4.69, 9.17) is 0 Å². The van der Waals surface area contributed by atoms with Crippen molar-refractivity contribution in [1.82, 2.24) is 19.7 Å². The minimum absolute atomic E-state index is 0.487. The fourth-order valence-electron chi connectivity index (χ4n) is 2.69. The highest BCUT2D eigenvalue weighted by Gasteiger charge is 2.13. The van der Waals surface area contributed by atoms with Gasteiger partial charge in [-0.3, -0.25) is 4.68 Å². The highest BCUT2D eigenvalue weighted by Crippen LogP contribution is 2.22. The van der Waals surface area contributed by atoms with Crippen LogP contribution in [0.3, 0.4) is 0 Å². The van der Waals surface area contributed by atoms with Crippen molar-refractivity contribution in [3.8, 4) is 0 Å². The summed E-state index contributed by atoms with van der Waals surface area (Å²) < 4.78 is 1.90. The number of rotatable bonds is 6. The SMILES string of the molecule is CCn1nc(C)c2ncnc(NCCC(O)c3ccccc3)c21. The Labute approximate surface area is 135 Å². The standard InChI is InChI=1S/C17H21N5O/c1-3-22-16-15(12(2)21-22)19-11-20-17(16)18-10-9-14(23)13-7-5-4-6-8-13/h4-8,11,14,23H,3,9-10H2,1-2H3,(H,18,19,20). The topological polar surface area (TPSA) is 75.9 Å². The summed E-state index contributed by atoms with van der Waals surface area (Å²) in [6, 6.07) is 9.68. The van der Waals surface area contributed by atoms with Crippen LogP contribution >= 0.6 is 0 Å². The Bertz CT molecular complexity index is 784. The second kappa shape index (κ2) is 6.75. The van der Waals surface area contributed by atoms with Gasteiger partial charge in [-0.05, 0) is 25.8 Å². The van der Waals surface area contributed by atoms with Gasteiger partial charge >= 0.3 is 0 Å². The molecular formula is C17H21N5O. The smallest absolute Gasteiger partial charge is 0.155 e. The van der Waals surface area contributed by atoms with Crippen molar-refractivity contribution >= 4 is 16.9 Å². The van der Waals surface area contributed by atoms with Gasteiger partial charge in [0.05, 0.1) is 11.8 Å². The van der Waals surface area contributed by atoms with Gasteiger partial charge in [0.25, 0.3) is 0 Å². The molecule has 0 fully saturated rings. The van der Waals surface area contributed by atoms with Crippen molar-refractivity contribution in [3.05, 3.63) is 47.9 Å². The predicted octanol–water partition coefficient (Wildman–Crippen LogP) is 2.69. The molecule has 0 saturated carbocycles. The minimum Gasteiger partial charge on any atom is -0.388 e. The van der Waals surface area contributed by atoms with Crippen LogP contribution in [0.2, 0.25) is 0 Å². The number of nitrogens with one attached hydrogen (secondary N) is 1. The maximum atomic E-state index is 10.2. The van der Waals surface area contributed by atoms with E-state index in [1.165, 1.54) is 0 Å². The van der Waals surface area contributed by atoms with Crippen LogP contribution in [0.1, 0.15) is 30.7 Å². The largest absolute Gasteiger partial charge is 0.388 e. The maximum absolute atomic E-state index is 10.2. The average molecular weight is 311 g/mol. The number of benzene rings is 1. The Balaban J connectivity index is 1.72. The number of nitrogens with zero attached hydrogens (tertiary/aromatic N) is 4. The first-order valence-corrected chi connectivity index (χ1v) is 7.85. The van der Waals surface area contributed by atoms with E-state index < -0.39 is 6.10 Å². The molecule has 2 N–H and O–H groups in total. The highest BCUT2D eigenvalue weighted by atomic mass is 16.3. The molecule has 0 amide bonds. The summed E-state index contributed by atoms with van der Waals surface area (Å²) in [7, 11) is 0. The second-order valence-electron chi connectivity index (χ2n) is 5.46. The number of hydrogen-bond donors (Lipinski definition) is 2. The molecule has 0 aliphatic carbocycles. The van der Waals surface area contributed by atoms with Crippen LogP contribution in [0.5, 0.6) is 0 Å². The lowest BCUT2D eigenvalue weighted by Crippen LogP contribution is -2.10.